The molecule has 0 aliphatic carbocycles. The molecule has 2 rings (SSSR count). The van der Waals surface area contributed by atoms with Crippen LogP contribution in [0.4, 0.5) is 0 Å². The van der Waals surface area contributed by atoms with E-state index in [1.807, 2.05) is 6.07 Å². The number of hydrogen-bond donors (Lipinski definition) is 1. The number of amides is 1. The van der Waals surface area contributed by atoms with Crippen molar-refractivity contribution in [3.8, 4) is 0 Å². The first-order valence-electron chi connectivity index (χ1n) is 6.11. The molecule has 0 saturated carbocycles. The lowest BCUT2D eigenvalue weighted by Gasteiger charge is -2.13. The van der Waals surface area contributed by atoms with E-state index in [0.29, 0.717) is 22.6 Å². The second-order valence-corrected chi connectivity index (χ2v) is 5.59. The zero-order valence-electron chi connectivity index (χ0n) is 11.1. The molecule has 0 spiro atoms. The maximum absolute atomic E-state index is 12.4. The van der Waals surface area contributed by atoms with Gasteiger partial charge >= 0.3 is 0 Å². The number of carbonyl (C=O) groups excluding carboxylic acids is 1. The van der Waals surface area contributed by atoms with Crippen LogP contribution >= 0.6 is 11.8 Å². The van der Waals surface area contributed by atoms with E-state index in [4.69, 9.17) is 5.73 Å². The number of hydrogen-bond acceptors (Lipinski definition) is 4. The van der Waals surface area contributed by atoms with Gasteiger partial charge in [0.2, 0.25) is 5.91 Å². The molecule has 5 nitrogen and oxygen atoms in total. The van der Waals surface area contributed by atoms with Crippen molar-refractivity contribution in [2.24, 2.45) is 5.73 Å². The average Bonchev–Trinajstić information content (AvgIpc) is 2.43. The minimum Gasteiger partial charge on any atom is -0.369 e. The Morgan fingerprint density at radius 2 is 2.25 bits per heavy atom. The summed E-state index contributed by atoms with van der Waals surface area (Å²) in [7, 11) is 0. The molecule has 20 heavy (non-hydrogen) atoms. The number of primary amides is 1. The number of carbonyl (C=O) groups is 1. The number of fused-ring (bicyclic) bond motifs is 1. The van der Waals surface area contributed by atoms with Crippen LogP contribution < -0.4 is 11.3 Å². The summed E-state index contributed by atoms with van der Waals surface area (Å²) in [6.45, 7) is 5.67. The SMILES string of the molecule is C=CCn1c(S[C@@H](C)C(N)=O)nc2ccccc2c1=O. The third kappa shape index (κ3) is 2.75. The molecule has 0 aliphatic heterocycles. The molecule has 104 valence electrons. The molecular weight excluding hydrogens is 274 g/mol. The van der Waals surface area contributed by atoms with E-state index in [1.165, 1.54) is 16.3 Å². The summed E-state index contributed by atoms with van der Waals surface area (Å²) in [5, 5.41) is 0.560. The maximum atomic E-state index is 12.4. The lowest BCUT2D eigenvalue weighted by Crippen LogP contribution is -2.27. The van der Waals surface area contributed by atoms with Crippen LogP contribution in [0.3, 0.4) is 0 Å². The fourth-order valence-electron chi connectivity index (χ4n) is 1.74. The number of nitrogens with zero attached hydrogens (tertiary/aromatic N) is 2. The summed E-state index contributed by atoms with van der Waals surface area (Å²) in [5.41, 5.74) is 5.73. The number of para-hydroxylation sites is 1. The lowest BCUT2D eigenvalue weighted by molar-refractivity contribution is -0.117. The summed E-state index contributed by atoms with van der Waals surface area (Å²) in [6, 6.07) is 7.12. The zero-order chi connectivity index (χ0) is 14.7. The Morgan fingerprint density at radius 1 is 1.55 bits per heavy atom. The Morgan fingerprint density at radius 3 is 2.90 bits per heavy atom. The fraction of sp³-hybridized carbons (Fsp3) is 0.214. The summed E-state index contributed by atoms with van der Waals surface area (Å²) in [4.78, 5) is 28.1. The van der Waals surface area contributed by atoms with E-state index in [2.05, 4.69) is 11.6 Å². The molecule has 0 aliphatic rings. The van der Waals surface area contributed by atoms with Crippen molar-refractivity contribution in [1.82, 2.24) is 9.55 Å². The van der Waals surface area contributed by atoms with E-state index in [0.717, 1.165) is 0 Å². The molecule has 0 saturated heterocycles. The van der Waals surface area contributed by atoms with E-state index < -0.39 is 11.2 Å². The van der Waals surface area contributed by atoms with Gasteiger partial charge in [-0.1, -0.05) is 30.0 Å². The maximum Gasteiger partial charge on any atom is 0.262 e. The number of nitrogens with two attached hydrogens (primary N) is 1. The predicted octanol–water partition coefficient (Wildman–Crippen LogP) is 1.55. The van der Waals surface area contributed by atoms with Gasteiger partial charge in [-0.3, -0.25) is 14.2 Å². The van der Waals surface area contributed by atoms with Gasteiger partial charge in [-0.2, -0.15) is 0 Å². The van der Waals surface area contributed by atoms with Crippen LogP contribution in [0, 0.1) is 0 Å². The van der Waals surface area contributed by atoms with Crippen molar-refractivity contribution in [3.63, 3.8) is 0 Å². The van der Waals surface area contributed by atoms with Gasteiger partial charge in [-0.05, 0) is 19.1 Å². The third-order valence-corrected chi connectivity index (χ3v) is 3.93. The van der Waals surface area contributed by atoms with Crippen LogP contribution in [0.2, 0.25) is 0 Å². The van der Waals surface area contributed by atoms with Crippen molar-refractivity contribution < 1.29 is 4.79 Å². The highest BCUT2D eigenvalue weighted by atomic mass is 32.2. The van der Waals surface area contributed by atoms with Crippen LogP contribution in [0.25, 0.3) is 10.9 Å². The van der Waals surface area contributed by atoms with Gasteiger partial charge in [0.25, 0.3) is 5.56 Å². The number of allylic oxidation sites excluding steroid dienone is 1. The quantitative estimate of drug-likeness (QED) is 0.514. The van der Waals surface area contributed by atoms with Crippen molar-refractivity contribution in [2.75, 3.05) is 0 Å². The van der Waals surface area contributed by atoms with E-state index in [1.54, 1.807) is 31.2 Å². The molecule has 6 heteroatoms. The minimum absolute atomic E-state index is 0.144. The number of thioether (sulfide) groups is 1. The monoisotopic (exact) mass is 289 g/mol. The summed E-state index contributed by atoms with van der Waals surface area (Å²) in [5.74, 6) is -0.442. The van der Waals surface area contributed by atoms with Gasteiger partial charge in [-0.15, -0.1) is 6.58 Å². The van der Waals surface area contributed by atoms with Gasteiger partial charge < -0.3 is 5.73 Å². The molecule has 1 atom stereocenters. The van der Waals surface area contributed by atoms with Crippen LogP contribution in [0.5, 0.6) is 0 Å². The van der Waals surface area contributed by atoms with Crippen molar-refractivity contribution in [3.05, 3.63) is 47.3 Å². The molecule has 1 amide bonds. The zero-order valence-corrected chi connectivity index (χ0v) is 11.9. The van der Waals surface area contributed by atoms with Crippen LogP contribution in [-0.4, -0.2) is 20.7 Å². The van der Waals surface area contributed by atoms with Gasteiger partial charge in [-0.25, -0.2) is 4.98 Å². The van der Waals surface area contributed by atoms with Crippen molar-refractivity contribution in [1.29, 1.82) is 0 Å². The normalized spacial score (nSPS) is 12.2. The largest absolute Gasteiger partial charge is 0.369 e. The molecule has 0 fully saturated rings. The van der Waals surface area contributed by atoms with Crippen LogP contribution in [-0.2, 0) is 11.3 Å². The van der Waals surface area contributed by atoms with Crippen LogP contribution in [0.15, 0.2) is 46.9 Å². The Labute approximate surface area is 120 Å². The first-order valence-corrected chi connectivity index (χ1v) is 6.99. The lowest BCUT2D eigenvalue weighted by atomic mass is 10.2. The predicted molar refractivity (Wildman–Crippen MR) is 80.7 cm³/mol. The van der Waals surface area contributed by atoms with Gasteiger partial charge in [0.15, 0.2) is 5.16 Å². The summed E-state index contributed by atoms with van der Waals surface area (Å²) >= 11 is 1.18. The first kappa shape index (κ1) is 14.3. The molecule has 1 heterocycles. The second kappa shape index (κ2) is 5.92. The van der Waals surface area contributed by atoms with E-state index >= 15 is 0 Å². The number of rotatable bonds is 5. The molecule has 1 aromatic heterocycles. The Balaban J connectivity index is 2.62. The second-order valence-electron chi connectivity index (χ2n) is 4.28. The Hall–Kier alpha value is -2.08. The van der Waals surface area contributed by atoms with Gasteiger partial charge in [0.05, 0.1) is 16.2 Å². The average molecular weight is 289 g/mol. The molecule has 0 bridgehead atoms. The van der Waals surface area contributed by atoms with Crippen molar-refractivity contribution >= 4 is 28.6 Å². The highest BCUT2D eigenvalue weighted by Crippen LogP contribution is 2.22. The van der Waals surface area contributed by atoms with Gasteiger partial charge in [0.1, 0.15) is 0 Å². The topological polar surface area (TPSA) is 78.0 Å². The molecular formula is C14H15N3O2S. The number of benzene rings is 1. The fourth-order valence-corrected chi connectivity index (χ4v) is 2.61. The standard InChI is InChI=1S/C14H15N3O2S/c1-3-8-17-13(19)10-6-4-5-7-11(10)16-14(17)20-9(2)12(15)18/h3-7,9H,1,8H2,2H3,(H2,15,18)/t9-/m0/s1. The highest BCUT2D eigenvalue weighted by molar-refractivity contribution is 8.00. The van der Waals surface area contributed by atoms with Crippen molar-refractivity contribution in [2.45, 2.75) is 23.9 Å². The summed E-state index contributed by atoms with van der Waals surface area (Å²) < 4.78 is 1.50. The summed E-state index contributed by atoms with van der Waals surface area (Å²) in [6.07, 6.45) is 1.62. The molecule has 2 N–H and O–H groups in total. The molecule has 0 radical (unpaired) electrons. The highest BCUT2D eigenvalue weighted by Gasteiger charge is 2.16. The van der Waals surface area contributed by atoms with E-state index in [9.17, 15) is 9.59 Å². The van der Waals surface area contributed by atoms with Crippen LogP contribution in [0.1, 0.15) is 6.92 Å². The Kier molecular flexibility index (Phi) is 4.24. The first-order chi connectivity index (χ1) is 9.54. The Bertz CT molecular complexity index is 724. The van der Waals surface area contributed by atoms with E-state index in [-0.39, 0.29) is 5.56 Å². The molecule has 2 aromatic rings. The molecule has 0 unspecified atom stereocenters. The van der Waals surface area contributed by atoms with Gasteiger partial charge in [0, 0.05) is 6.54 Å². The minimum atomic E-state index is -0.459. The smallest absolute Gasteiger partial charge is 0.262 e. The third-order valence-electron chi connectivity index (χ3n) is 2.82. The number of aromatic nitrogens is 2. The molecule has 1 aromatic carbocycles.